The van der Waals surface area contributed by atoms with Crippen LogP contribution in [0.4, 0.5) is 5.69 Å². The number of allylic oxidation sites excluding steroid dienone is 1. The van der Waals surface area contributed by atoms with Crippen LogP contribution in [-0.4, -0.2) is 24.3 Å². The first-order valence-corrected chi connectivity index (χ1v) is 10.2. The van der Waals surface area contributed by atoms with Crippen molar-refractivity contribution in [2.24, 2.45) is 4.99 Å². The van der Waals surface area contributed by atoms with Crippen LogP contribution in [0.3, 0.4) is 0 Å². The molecule has 1 aromatic heterocycles. The van der Waals surface area contributed by atoms with E-state index in [1.807, 2.05) is 30.5 Å². The first-order valence-electron chi connectivity index (χ1n) is 10.2. The predicted molar refractivity (Wildman–Crippen MR) is 126 cm³/mol. The van der Waals surface area contributed by atoms with Gasteiger partial charge in [0.1, 0.15) is 0 Å². The number of nitrogens with zero attached hydrogens (tertiary/aromatic N) is 1. The maximum absolute atomic E-state index is 11.9. The van der Waals surface area contributed by atoms with E-state index in [0.717, 1.165) is 44.4 Å². The summed E-state index contributed by atoms with van der Waals surface area (Å²) in [5, 5.41) is 1.16. The smallest absolute Gasteiger partial charge is 0.337 e. The zero-order valence-corrected chi connectivity index (χ0v) is 17.7. The molecule has 2 heterocycles. The number of ether oxygens (including phenoxy) is 1. The molecule has 0 unspecified atom stereocenters. The number of carbonyl (C=O) groups is 1. The second-order valence-electron chi connectivity index (χ2n) is 7.89. The zero-order valence-electron chi connectivity index (χ0n) is 17.7. The molecule has 0 amide bonds. The summed E-state index contributed by atoms with van der Waals surface area (Å²) >= 11 is 0. The molecule has 0 radical (unpaired) electrons. The van der Waals surface area contributed by atoms with Crippen molar-refractivity contribution < 1.29 is 9.53 Å². The number of aromatic amines is 1. The van der Waals surface area contributed by atoms with E-state index in [1.54, 1.807) is 0 Å². The number of fused-ring (bicyclic) bond motifs is 2. The van der Waals surface area contributed by atoms with Crippen molar-refractivity contribution in [3.05, 3.63) is 100 Å². The third-order valence-electron chi connectivity index (χ3n) is 5.75. The minimum absolute atomic E-state index is 0.341. The van der Waals surface area contributed by atoms with Gasteiger partial charge in [0.2, 0.25) is 0 Å². The predicted octanol–water partition coefficient (Wildman–Crippen LogP) is 6.25. The van der Waals surface area contributed by atoms with Gasteiger partial charge < -0.3 is 9.72 Å². The van der Waals surface area contributed by atoms with Gasteiger partial charge in [-0.3, -0.25) is 4.99 Å². The highest BCUT2D eigenvalue weighted by Gasteiger charge is 2.21. The minimum Gasteiger partial charge on any atom is -0.465 e. The van der Waals surface area contributed by atoms with Gasteiger partial charge in [-0.05, 0) is 55.8 Å². The van der Waals surface area contributed by atoms with Gasteiger partial charge in [-0.2, -0.15) is 0 Å². The number of hydrogen-bond donors (Lipinski definition) is 1. The average Bonchev–Trinajstić information content (AvgIpc) is 3.38. The van der Waals surface area contributed by atoms with E-state index in [9.17, 15) is 4.79 Å². The molecule has 5 rings (SSSR count). The Morgan fingerprint density at radius 1 is 0.903 bits per heavy atom. The largest absolute Gasteiger partial charge is 0.465 e. The molecular weight excluding hydrogens is 384 g/mol. The summed E-state index contributed by atoms with van der Waals surface area (Å²) in [7, 11) is 1.40. The lowest BCUT2D eigenvalue weighted by molar-refractivity contribution is 0.0600. The van der Waals surface area contributed by atoms with Crippen LogP contribution in [0.1, 0.15) is 38.2 Å². The van der Waals surface area contributed by atoms with E-state index in [2.05, 4.69) is 66.4 Å². The van der Waals surface area contributed by atoms with E-state index in [1.165, 1.54) is 18.2 Å². The van der Waals surface area contributed by atoms with Gasteiger partial charge in [-0.15, -0.1) is 0 Å². The highest BCUT2D eigenvalue weighted by atomic mass is 16.5. The van der Waals surface area contributed by atoms with Gasteiger partial charge in [0, 0.05) is 45.6 Å². The fourth-order valence-electron chi connectivity index (χ4n) is 4.17. The number of carbonyl (C=O) groups excluding carboxylic acids is 1. The molecule has 0 bridgehead atoms. The van der Waals surface area contributed by atoms with E-state index >= 15 is 0 Å². The molecule has 4 heteroatoms. The number of rotatable bonds is 3. The highest BCUT2D eigenvalue weighted by molar-refractivity contribution is 6.27. The van der Waals surface area contributed by atoms with Crippen LogP contribution in [0, 0.1) is 13.8 Å². The van der Waals surface area contributed by atoms with Gasteiger partial charge in [-0.1, -0.05) is 35.4 Å². The molecule has 0 spiro atoms. The average molecular weight is 406 g/mol. The summed E-state index contributed by atoms with van der Waals surface area (Å²) < 4.78 is 4.86. The summed E-state index contributed by atoms with van der Waals surface area (Å²) in [4.78, 5) is 20.0. The molecule has 1 aliphatic rings. The normalized spacial score (nSPS) is 14.0. The Bertz CT molecular complexity index is 1390. The van der Waals surface area contributed by atoms with Gasteiger partial charge in [0.15, 0.2) is 0 Å². The highest BCUT2D eigenvalue weighted by Crippen LogP contribution is 2.41. The molecule has 0 aliphatic carbocycles. The Balaban J connectivity index is 1.79. The first kappa shape index (κ1) is 19.1. The molecule has 4 aromatic rings. The second kappa shape index (κ2) is 7.40. The summed E-state index contributed by atoms with van der Waals surface area (Å²) in [6.07, 6.45) is 4.00. The lowest BCUT2D eigenvalue weighted by Crippen LogP contribution is -2.01. The van der Waals surface area contributed by atoms with Crippen LogP contribution in [0.5, 0.6) is 0 Å². The fourth-order valence-corrected chi connectivity index (χ4v) is 4.17. The van der Waals surface area contributed by atoms with Crippen LogP contribution in [0.2, 0.25) is 0 Å². The van der Waals surface area contributed by atoms with Crippen LogP contribution in [0.15, 0.2) is 71.9 Å². The number of H-pyrrole nitrogens is 1. The lowest BCUT2D eigenvalue weighted by atomic mass is 9.89. The Morgan fingerprint density at radius 3 is 2.39 bits per heavy atom. The van der Waals surface area contributed by atoms with Crippen molar-refractivity contribution in [3.8, 4) is 0 Å². The molecule has 0 saturated carbocycles. The lowest BCUT2D eigenvalue weighted by Gasteiger charge is -2.13. The van der Waals surface area contributed by atoms with Crippen molar-refractivity contribution >= 4 is 39.9 Å². The number of benzene rings is 3. The fraction of sp³-hybridized carbons (Fsp3) is 0.111. The maximum atomic E-state index is 11.9. The monoisotopic (exact) mass is 406 g/mol. The quantitative estimate of drug-likeness (QED) is 0.409. The minimum atomic E-state index is -0.341. The molecule has 0 fully saturated rings. The van der Waals surface area contributed by atoms with Crippen LogP contribution < -0.4 is 0 Å². The van der Waals surface area contributed by atoms with Crippen molar-refractivity contribution in [1.82, 2.24) is 4.98 Å². The number of aromatic nitrogens is 1. The van der Waals surface area contributed by atoms with E-state index in [0.29, 0.717) is 5.56 Å². The Kier molecular flexibility index (Phi) is 4.55. The topological polar surface area (TPSA) is 54.4 Å². The Labute approximate surface area is 180 Å². The summed E-state index contributed by atoms with van der Waals surface area (Å²) in [5.74, 6) is -0.341. The van der Waals surface area contributed by atoms with Gasteiger partial charge in [0.25, 0.3) is 0 Å². The molecule has 1 N–H and O–H groups in total. The zero-order chi connectivity index (χ0) is 21.5. The van der Waals surface area contributed by atoms with Crippen LogP contribution in [-0.2, 0) is 4.74 Å². The van der Waals surface area contributed by atoms with Gasteiger partial charge in [0.05, 0.1) is 18.4 Å². The van der Waals surface area contributed by atoms with Crippen molar-refractivity contribution in [2.75, 3.05) is 7.11 Å². The molecular formula is C27H22N2O2. The molecule has 0 saturated heterocycles. The molecule has 152 valence electrons. The van der Waals surface area contributed by atoms with Crippen LogP contribution >= 0.6 is 0 Å². The standard InChI is InChI=1S/C27H22N2O2/c1-16-4-10-24-20(12-16)22(14-28-24)26(18-6-8-19(9-7-18)27(30)31-3)23-15-29-25-11-5-17(2)13-21(23)25/h4-15,28H,1-3H3. The van der Waals surface area contributed by atoms with Crippen molar-refractivity contribution in [1.29, 1.82) is 0 Å². The third-order valence-corrected chi connectivity index (χ3v) is 5.75. The maximum Gasteiger partial charge on any atom is 0.337 e. The number of hydrogen-bond acceptors (Lipinski definition) is 3. The number of methoxy groups -OCH3 is 1. The van der Waals surface area contributed by atoms with Crippen LogP contribution in [0.25, 0.3) is 22.0 Å². The molecule has 1 aliphatic heterocycles. The van der Waals surface area contributed by atoms with Gasteiger partial charge in [-0.25, -0.2) is 4.79 Å². The molecule has 3 aromatic carbocycles. The summed E-state index contributed by atoms with van der Waals surface area (Å²) in [6.45, 7) is 4.19. The summed E-state index contributed by atoms with van der Waals surface area (Å²) in [6, 6.07) is 20.3. The van der Waals surface area contributed by atoms with E-state index in [4.69, 9.17) is 4.74 Å². The Hall–Kier alpha value is -3.92. The second-order valence-corrected chi connectivity index (χ2v) is 7.89. The number of aliphatic imine (C=N–C) groups is 1. The van der Waals surface area contributed by atoms with E-state index in [-0.39, 0.29) is 5.97 Å². The number of nitrogens with one attached hydrogen (secondary N) is 1. The van der Waals surface area contributed by atoms with Crippen molar-refractivity contribution in [3.63, 3.8) is 0 Å². The Morgan fingerprint density at radius 2 is 1.61 bits per heavy atom. The SMILES string of the molecule is COC(=O)c1ccc(C(=C2C=Nc3ccc(C)cc32)c2c[nH]c3ccc(C)cc23)cc1. The molecule has 4 nitrogen and oxygen atoms in total. The number of esters is 1. The third kappa shape index (κ3) is 3.26. The first-order chi connectivity index (χ1) is 15.0. The molecule has 31 heavy (non-hydrogen) atoms. The van der Waals surface area contributed by atoms with Gasteiger partial charge >= 0.3 is 5.97 Å². The van der Waals surface area contributed by atoms with E-state index < -0.39 is 0 Å². The summed E-state index contributed by atoms with van der Waals surface area (Å²) in [5.41, 5.74) is 10.4. The molecule has 0 atom stereocenters. The van der Waals surface area contributed by atoms with Crippen molar-refractivity contribution in [2.45, 2.75) is 13.8 Å². The number of aryl methyl sites for hydroxylation is 2.